The quantitative estimate of drug-likeness (QED) is 0.684. The van der Waals surface area contributed by atoms with Gasteiger partial charge in [-0.2, -0.15) is 0 Å². The second-order valence-electron chi connectivity index (χ2n) is 7.92. The van der Waals surface area contributed by atoms with Crippen molar-refractivity contribution >= 4 is 17.5 Å². The molecule has 0 bridgehead atoms. The number of nitrogens with zero attached hydrogens (tertiary/aromatic N) is 2. The lowest BCUT2D eigenvalue weighted by atomic mass is 10.1. The third-order valence-electron chi connectivity index (χ3n) is 5.79. The molecule has 0 radical (unpaired) electrons. The fourth-order valence-electron chi connectivity index (χ4n) is 4.13. The monoisotopic (exact) mass is 422 g/mol. The molecular formula is C24H30N4O3. The first-order valence-corrected chi connectivity index (χ1v) is 11.0. The van der Waals surface area contributed by atoms with E-state index in [-0.39, 0.29) is 18.0 Å². The number of anilines is 1. The summed E-state index contributed by atoms with van der Waals surface area (Å²) in [5.41, 5.74) is 3.25. The molecule has 2 aliphatic heterocycles. The molecular weight excluding hydrogens is 392 g/mol. The summed E-state index contributed by atoms with van der Waals surface area (Å²) in [7, 11) is 0. The van der Waals surface area contributed by atoms with Crippen molar-refractivity contribution in [3.63, 3.8) is 0 Å². The number of carbonyl (C=O) groups excluding carboxylic acids is 2. The Kier molecular flexibility index (Phi) is 6.84. The number of hydrogen-bond acceptors (Lipinski definition) is 5. The van der Waals surface area contributed by atoms with Crippen LogP contribution in [0.15, 0.2) is 48.5 Å². The standard InChI is InChI=1S/C24H30N4O3/c1-2-12-28-22(20-5-3-4-6-21(20)24(28)30)26-19-9-7-18(8-10-19)23(29)25-11-13-27-14-16-31-17-15-27/h3-10,22,26H,2,11-17H2,1H3,(H,25,29). The van der Waals surface area contributed by atoms with Gasteiger partial charge in [0.1, 0.15) is 6.17 Å². The lowest BCUT2D eigenvalue weighted by Gasteiger charge is -2.27. The lowest BCUT2D eigenvalue weighted by Crippen LogP contribution is -2.41. The molecule has 0 spiro atoms. The maximum atomic E-state index is 12.8. The van der Waals surface area contributed by atoms with E-state index < -0.39 is 0 Å². The zero-order valence-corrected chi connectivity index (χ0v) is 18.0. The summed E-state index contributed by atoms with van der Waals surface area (Å²) in [5.74, 6) is -0.0139. The van der Waals surface area contributed by atoms with Crippen LogP contribution in [0.25, 0.3) is 0 Å². The minimum absolute atomic E-state index is 0.0613. The normalized spacial score (nSPS) is 18.7. The minimum Gasteiger partial charge on any atom is -0.379 e. The Morgan fingerprint density at radius 2 is 1.81 bits per heavy atom. The van der Waals surface area contributed by atoms with Gasteiger partial charge in [0.15, 0.2) is 0 Å². The Balaban J connectivity index is 1.36. The number of hydrogen-bond donors (Lipinski definition) is 2. The molecule has 164 valence electrons. The Morgan fingerprint density at radius 1 is 1.06 bits per heavy atom. The van der Waals surface area contributed by atoms with Crippen molar-refractivity contribution < 1.29 is 14.3 Å². The first kappa shape index (κ1) is 21.3. The van der Waals surface area contributed by atoms with Crippen molar-refractivity contribution in [2.24, 2.45) is 0 Å². The number of rotatable bonds is 8. The summed E-state index contributed by atoms with van der Waals surface area (Å²) >= 11 is 0. The molecule has 1 atom stereocenters. The molecule has 0 aromatic heterocycles. The van der Waals surface area contributed by atoms with E-state index in [9.17, 15) is 9.59 Å². The van der Waals surface area contributed by atoms with Crippen molar-refractivity contribution in [2.45, 2.75) is 19.5 Å². The molecule has 2 heterocycles. The second kappa shape index (κ2) is 9.94. The number of fused-ring (bicyclic) bond motifs is 1. The summed E-state index contributed by atoms with van der Waals surface area (Å²) in [5, 5.41) is 6.46. The van der Waals surface area contributed by atoms with Crippen LogP contribution >= 0.6 is 0 Å². The molecule has 2 aromatic rings. The number of amides is 2. The van der Waals surface area contributed by atoms with Gasteiger partial charge in [-0.25, -0.2) is 0 Å². The van der Waals surface area contributed by atoms with E-state index in [1.54, 1.807) is 0 Å². The SMILES string of the molecule is CCCN1C(=O)c2ccccc2C1Nc1ccc(C(=O)NCCN2CCOCC2)cc1. The highest BCUT2D eigenvalue weighted by molar-refractivity contribution is 5.99. The molecule has 7 heteroatoms. The van der Waals surface area contributed by atoms with Crippen LogP contribution < -0.4 is 10.6 Å². The van der Waals surface area contributed by atoms with Gasteiger partial charge < -0.3 is 20.3 Å². The Bertz CT molecular complexity index is 909. The third-order valence-corrected chi connectivity index (χ3v) is 5.79. The largest absolute Gasteiger partial charge is 0.379 e. The number of morpholine rings is 1. The van der Waals surface area contributed by atoms with Crippen LogP contribution in [0.4, 0.5) is 5.69 Å². The number of carbonyl (C=O) groups is 2. The van der Waals surface area contributed by atoms with Crippen molar-refractivity contribution in [1.82, 2.24) is 15.1 Å². The predicted octanol–water partition coefficient (Wildman–Crippen LogP) is 2.73. The number of ether oxygens (including phenoxy) is 1. The third kappa shape index (κ3) is 4.89. The minimum atomic E-state index is -0.197. The van der Waals surface area contributed by atoms with Crippen molar-refractivity contribution in [3.05, 3.63) is 65.2 Å². The van der Waals surface area contributed by atoms with Crippen LogP contribution in [0.2, 0.25) is 0 Å². The molecule has 2 aromatic carbocycles. The Morgan fingerprint density at radius 3 is 2.55 bits per heavy atom. The molecule has 0 saturated carbocycles. The zero-order valence-electron chi connectivity index (χ0n) is 18.0. The molecule has 7 nitrogen and oxygen atoms in total. The fourth-order valence-corrected chi connectivity index (χ4v) is 4.13. The van der Waals surface area contributed by atoms with E-state index in [0.29, 0.717) is 18.7 Å². The zero-order chi connectivity index (χ0) is 21.6. The Hall–Kier alpha value is -2.90. The van der Waals surface area contributed by atoms with Gasteiger partial charge in [0, 0.05) is 55.1 Å². The molecule has 31 heavy (non-hydrogen) atoms. The molecule has 1 saturated heterocycles. The highest BCUT2D eigenvalue weighted by atomic mass is 16.5. The van der Waals surface area contributed by atoms with Crippen molar-refractivity contribution in [2.75, 3.05) is 51.3 Å². The van der Waals surface area contributed by atoms with E-state index in [0.717, 1.165) is 56.1 Å². The van der Waals surface area contributed by atoms with E-state index in [2.05, 4.69) is 22.5 Å². The van der Waals surface area contributed by atoms with Gasteiger partial charge >= 0.3 is 0 Å². The van der Waals surface area contributed by atoms with E-state index in [1.807, 2.05) is 53.4 Å². The van der Waals surface area contributed by atoms with E-state index in [4.69, 9.17) is 4.74 Å². The topological polar surface area (TPSA) is 73.9 Å². The maximum absolute atomic E-state index is 12.8. The average Bonchev–Trinajstić information content (AvgIpc) is 3.07. The highest BCUT2D eigenvalue weighted by Crippen LogP contribution is 2.34. The van der Waals surface area contributed by atoms with Gasteiger partial charge in [-0.15, -0.1) is 0 Å². The highest BCUT2D eigenvalue weighted by Gasteiger charge is 2.35. The summed E-state index contributed by atoms with van der Waals surface area (Å²) < 4.78 is 5.34. The van der Waals surface area contributed by atoms with Gasteiger partial charge in [-0.1, -0.05) is 25.1 Å². The summed E-state index contributed by atoms with van der Waals surface area (Å²) in [6.07, 6.45) is 0.693. The van der Waals surface area contributed by atoms with Crippen LogP contribution in [-0.4, -0.2) is 67.6 Å². The van der Waals surface area contributed by atoms with Crippen molar-refractivity contribution in [3.8, 4) is 0 Å². The van der Waals surface area contributed by atoms with Gasteiger partial charge in [-0.3, -0.25) is 14.5 Å². The van der Waals surface area contributed by atoms with Crippen LogP contribution in [0.3, 0.4) is 0 Å². The first-order chi connectivity index (χ1) is 15.2. The van der Waals surface area contributed by atoms with Gasteiger partial charge in [0.2, 0.25) is 0 Å². The van der Waals surface area contributed by atoms with Gasteiger partial charge in [0.05, 0.1) is 13.2 Å². The molecule has 4 rings (SSSR count). The summed E-state index contributed by atoms with van der Waals surface area (Å²) in [6.45, 7) is 7.55. The van der Waals surface area contributed by atoms with Crippen LogP contribution in [0, 0.1) is 0 Å². The summed E-state index contributed by atoms with van der Waals surface area (Å²) in [6, 6.07) is 15.2. The smallest absolute Gasteiger partial charge is 0.256 e. The predicted molar refractivity (Wildman–Crippen MR) is 120 cm³/mol. The number of benzene rings is 2. The van der Waals surface area contributed by atoms with Crippen LogP contribution in [0.5, 0.6) is 0 Å². The fraction of sp³-hybridized carbons (Fsp3) is 0.417. The summed E-state index contributed by atoms with van der Waals surface area (Å²) in [4.78, 5) is 29.4. The first-order valence-electron chi connectivity index (χ1n) is 11.0. The van der Waals surface area contributed by atoms with Gasteiger partial charge in [0.25, 0.3) is 11.8 Å². The molecule has 1 unspecified atom stereocenters. The van der Waals surface area contributed by atoms with Crippen molar-refractivity contribution in [1.29, 1.82) is 0 Å². The molecule has 1 fully saturated rings. The number of nitrogens with one attached hydrogen (secondary N) is 2. The van der Waals surface area contributed by atoms with Gasteiger partial charge in [-0.05, 0) is 36.8 Å². The molecule has 2 amide bonds. The van der Waals surface area contributed by atoms with E-state index >= 15 is 0 Å². The molecule has 2 N–H and O–H groups in total. The molecule has 0 aliphatic carbocycles. The lowest BCUT2D eigenvalue weighted by molar-refractivity contribution is 0.0383. The maximum Gasteiger partial charge on any atom is 0.256 e. The van der Waals surface area contributed by atoms with Crippen LogP contribution in [-0.2, 0) is 4.74 Å². The molecule has 2 aliphatic rings. The average molecular weight is 423 g/mol. The Labute approximate surface area is 183 Å². The van der Waals surface area contributed by atoms with Crippen LogP contribution in [0.1, 0.15) is 45.8 Å². The second-order valence-corrected chi connectivity index (χ2v) is 7.92. The van der Waals surface area contributed by atoms with E-state index in [1.165, 1.54) is 0 Å².